The maximum Gasteiger partial charge on any atom is 0.293 e. The van der Waals surface area contributed by atoms with Crippen molar-refractivity contribution >= 4 is 11.6 Å². The third kappa shape index (κ3) is 4.10. The third-order valence-corrected chi connectivity index (χ3v) is 4.28. The highest BCUT2D eigenvalue weighted by Gasteiger charge is 2.19. The van der Waals surface area contributed by atoms with Crippen molar-refractivity contribution in [2.45, 2.75) is 46.6 Å². The van der Waals surface area contributed by atoms with Crippen LogP contribution in [0.2, 0.25) is 0 Å². The molecule has 0 fully saturated rings. The summed E-state index contributed by atoms with van der Waals surface area (Å²) in [5, 5.41) is 3.02. The lowest BCUT2D eigenvalue weighted by Gasteiger charge is -2.19. The van der Waals surface area contributed by atoms with Crippen molar-refractivity contribution in [3.63, 3.8) is 0 Å². The molecule has 0 aliphatic rings. The summed E-state index contributed by atoms with van der Waals surface area (Å²) in [5.74, 6) is 0.0409. The first-order chi connectivity index (χ1) is 12.0. The van der Waals surface area contributed by atoms with E-state index in [0.29, 0.717) is 6.61 Å². The quantitative estimate of drug-likeness (QED) is 0.837. The molecule has 25 heavy (non-hydrogen) atoms. The Kier molecular flexibility index (Phi) is 6.39. The number of hydrogen-bond donors (Lipinski definition) is 1. The van der Waals surface area contributed by atoms with Gasteiger partial charge in [-0.2, -0.15) is 0 Å². The number of ether oxygens (including phenoxy) is 1. The molecule has 1 N–H and O–H groups in total. The number of pyridine rings is 1. The van der Waals surface area contributed by atoms with Gasteiger partial charge in [0.05, 0.1) is 6.61 Å². The predicted octanol–water partition coefficient (Wildman–Crippen LogP) is 3.57. The average molecular weight is 342 g/mol. The number of benzene rings is 1. The number of carbonyl (C=O) groups is 1. The summed E-state index contributed by atoms with van der Waals surface area (Å²) in [5.41, 5.74) is 2.75. The van der Waals surface area contributed by atoms with E-state index in [4.69, 9.17) is 4.74 Å². The Morgan fingerprint density at radius 2 is 1.76 bits per heavy atom. The molecule has 0 aliphatic heterocycles. The molecule has 1 amide bonds. The largest absolute Gasteiger partial charge is 0.488 e. The van der Waals surface area contributed by atoms with Gasteiger partial charge in [-0.05, 0) is 49.9 Å². The maximum atomic E-state index is 12.8. The van der Waals surface area contributed by atoms with Gasteiger partial charge in [0.2, 0.25) is 5.91 Å². The van der Waals surface area contributed by atoms with E-state index in [1.54, 1.807) is 25.3 Å². The number of nitrogens with one attached hydrogen (secondary N) is 1. The molecule has 0 saturated carbocycles. The van der Waals surface area contributed by atoms with Gasteiger partial charge in [0.25, 0.3) is 5.56 Å². The van der Waals surface area contributed by atoms with E-state index in [1.807, 2.05) is 25.1 Å². The van der Waals surface area contributed by atoms with Crippen molar-refractivity contribution in [3.05, 3.63) is 58.0 Å². The molecule has 0 radical (unpaired) electrons. The summed E-state index contributed by atoms with van der Waals surface area (Å²) < 4.78 is 6.74. The van der Waals surface area contributed by atoms with Crippen LogP contribution in [0, 0.1) is 0 Å². The number of para-hydroxylation sites is 1. The highest BCUT2D eigenvalue weighted by Crippen LogP contribution is 2.23. The third-order valence-electron chi connectivity index (χ3n) is 4.28. The van der Waals surface area contributed by atoms with Crippen LogP contribution in [0.25, 0.3) is 0 Å². The van der Waals surface area contributed by atoms with Gasteiger partial charge in [-0.15, -0.1) is 0 Å². The van der Waals surface area contributed by atoms with Crippen LogP contribution < -0.4 is 15.6 Å². The highest BCUT2D eigenvalue weighted by atomic mass is 16.5. The average Bonchev–Trinajstić information content (AvgIpc) is 2.63. The van der Waals surface area contributed by atoms with Gasteiger partial charge >= 0.3 is 0 Å². The molecule has 1 aromatic heterocycles. The van der Waals surface area contributed by atoms with E-state index in [9.17, 15) is 9.59 Å². The molecule has 2 aromatic rings. The zero-order valence-corrected chi connectivity index (χ0v) is 15.3. The number of hydrogen-bond acceptors (Lipinski definition) is 3. The van der Waals surface area contributed by atoms with Crippen molar-refractivity contribution in [1.29, 1.82) is 0 Å². The Labute approximate surface area is 148 Å². The Bertz CT molecular complexity index is 774. The second-order valence-corrected chi connectivity index (χ2v) is 5.84. The summed E-state index contributed by atoms with van der Waals surface area (Å²) in [6.45, 7) is 8.06. The molecule has 5 heteroatoms. The zero-order chi connectivity index (χ0) is 18.4. The molecule has 1 atom stereocenters. The van der Waals surface area contributed by atoms with E-state index in [1.165, 1.54) is 4.57 Å². The first kappa shape index (κ1) is 18.8. The van der Waals surface area contributed by atoms with Crippen LogP contribution in [0.4, 0.5) is 5.69 Å². The second-order valence-electron chi connectivity index (χ2n) is 5.84. The van der Waals surface area contributed by atoms with Gasteiger partial charge in [0.15, 0.2) is 5.75 Å². The lowest BCUT2D eigenvalue weighted by molar-refractivity contribution is -0.118. The van der Waals surface area contributed by atoms with Crippen LogP contribution in [0.3, 0.4) is 0 Å². The molecule has 134 valence electrons. The van der Waals surface area contributed by atoms with Crippen LogP contribution in [0.15, 0.2) is 41.3 Å². The summed E-state index contributed by atoms with van der Waals surface area (Å²) in [6.07, 6.45) is 3.27. The first-order valence-corrected chi connectivity index (χ1v) is 8.78. The lowest BCUT2D eigenvalue weighted by Crippen LogP contribution is -2.32. The van der Waals surface area contributed by atoms with Gasteiger partial charge in [-0.1, -0.05) is 32.0 Å². The van der Waals surface area contributed by atoms with Crippen molar-refractivity contribution < 1.29 is 9.53 Å². The highest BCUT2D eigenvalue weighted by molar-refractivity contribution is 5.95. The van der Waals surface area contributed by atoms with Crippen LogP contribution >= 0.6 is 0 Å². The molecule has 0 saturated heterocycles. The first-order valence-electron chi connectivity index (χ1n) is 8.78. The summed E-state index contributed by atoms with van der Waals surface area (Å²) in [6, 6.07) is 8.74. The fourth-order valence-corrected chi connectivity index (χ4v) is 2.82. The molecule has 2 rings (SSSR count). The summed E-state index contributed by atoms with van der Waals surface area (Å²) in [7, 11) is 0. The van der Waals surface area contributed by atoms with Gasteiger partial charge in [0.1, 0.15) is 6.04 Å². The van der Waals surface area contributed by atoms with E-state index in [0.717, 1.165) is 29.7 Å². The number of rotatable bonds is 7. The topological polar surface area (TPSA) is 60.3 Å². The minimum Gasteiger partial charge on any atom is -0.488 e. The number of nitrogens with zero attached hydrogens (tertiary/aromatic N) is 1. The number of carbonyl (C=O) groups excluding carboxylic acids is 1. The minimum atomic E-state index is -0.637. The Morgan fingerprint density at radius 3 is 2.32 bits per heavy atom. The van der Waals surface area contributed by atoms with Gasteiger partial charge in [-0.25, -0.2) is 0 Å². The van der Waals surface area contributed by atoms with E-state index < -0.39 is 6.04 Å². The van der Waals surface area contributed by atoms with E-state index in [-0.39, 0.29) is 17.2 Å². The fraction of sp³-hybridized carbons (Fsp3) is 0.400. The molecular weight excluding hydrogens is 316 g/mol. The minimum absolute atomic E-state index is 0.216. The Hall–Kier alpha value is -2.56. The monoisotopic (exact) mass is 342 g/mol. The smallest absolute Gasteiger partial charge is 0.293 e. The van der Waals surface area contributed by atoms with Crippen molar-refractivity contribution in [2.24, 2.45) is 0 Å². The van der Waals surface area contributed by atoms with Crippen molar-refractivity contribution in [1.82, 2.24) is 4.57 Å². The molecular formula is C20H26N2O3. The standard InChI is InChI=1S/C20H26N2O3/c1-5-15-10-8-11-16(6-2)18(15)21-19(23)14(4)22-13-9-12-17(20(22)24)25-7-3/h8-14H,5-7H2,1-4H3,(H,21,23). The number of amides is 1. The predicted molar refractivity (Wildman–Crippen MR) is 100 cm³/mol. The zero-order valence-electron chi connectivity index (χ0n) is 15.3. The number of anilines is 1. The van der Waals surface area contributed by atoms with Gasteiger partial charge in [-0.3, -0.25) is 9.59 Å². The van der Waals surface area contributed by atoms with Crippen LogP contribution in [0.5, 0.6) is 5.75 Å². The van der Waals surface area contributed by atoms with E-state index >= 15 is 0 Å². The molecule has 0 spiro atoms. The number of aryl methyl sites for hydroxylation is 2. The Balaban J connectivity index is 2.31. The van der Waals surface area contributed by atoms with Crippen molar-refractivity contribution in [3.8, 4) is 5.75 Å². The normalized spacial score (nSPS) is 11.8. The molecule has 0 bridgehead atoms. The van der Waals surface area contributed by atoms with Gasteiger partial charge in [0, 0.05) is 11.9 Å². The molecule has 1 heterocycles. The number of aromatic nitrogens is 1. The maximum absolute atomic E-state index is 12.8. The summed E-state index contributed by atoms with van der Waals surface area (Å²) >= 11 is 0. The van der Waals surface area contributed by atoms with Gasteiger partial charge < -0.3 is 14.6 Å². The van der Waals surface area contributed by atoms with Crippen LogP contribution in [-0.2, 0) is 17.6 Å². The fourth-order valence-electron chi connectivity index (χ4n) is 2.82. The molecule has 1 unspecified atom stereocenters. The Morgan fingerprint density at radius 1 is 1.12 bits per heavy atom. The second kappa shape index (κ2) is 8.51. The van der Waals surface area contributed by atoms with Crippen LogP contribution in [-0.4, -0.2) is 17.1 Å². The molecule has 1 aromatic carbocycles. The summed E-state index contributed by atoms with van der Waals surface area (Å²) in [4.78, 5) is 25.2. The SMILES string of the molecule is CCOc1cccn(C(C)C(=O)Nc2c(CC)cccc2CC)c1=O. The molecule has 0 aliphatic carbocycles. The van der Waals surface area contributed by atoms with E-state index in [2.05, 4.69) is 19.2 Å². The van der Waals surface area contributed by atoms with Crippen LogP contribution in [0.1, 0.15) is 44.9 Å². The van der Waals surface area contributed by atoms with Crippen molar-refractivity contribution in [2.75, 3.05) is 11.9 Å². The molecule has 5 nitrogen and oxygen atoms in total. The lowest BCUT2D eigenvalue weighted by atomic mass is 10.0.